The van der Waals surface area contributed by atoms with Crippen molar-refractivity contribution in [1.29, 1.82) is 0 Å². The normalized spacial score (nSPS) is 20.4. The van der Waals surface area contributed by atoms with E-state index in [0.29, 0.717) is 12.5 Å². The zero-order chi connectivity index (χ0) is 13.8. The van der Waals surface area contributed by atoms with Gasteiger partial charge in [-0.3, -0.25) is 0 Å². The first-order valence-corrected chi connectivity index (χ1v) is 7.22. The fraction of sp³-hybridized carbons (Fsp3) is 0.571. The number of aromatic nitrogens is 3. The van der Waals surface area contributed by atoms with Crippen LogP contribution in [-0.4, -0.2) is 57.7 Å². The predicted octanol–water partition coefficient (Wildman–Crippen LogP) is 1.07. The van der Waals surface area contributed by atoms with E-state index in [1.54, 1.807) is 6.33 Å². The van der Waals surface area contributed by atoms with Crippen LogP contribution in [0.15, 0.2) is 18.6 Å². The van der Waals surface area contributed by atoms with Gasteiger partial charge in [0.25, 0.3) is 0 Å². The van der Waals surface area contributed by atoms with Crippen LogP contribution < -0.4 is 5.32 Å². The molecule has 0 bridgehead atoms. The van der Waals surface area contributed by atoms with Crippen molar-refractivity contribution in [3.05, 3.63) is 18.6 Å². The fourth-order valence-corrected chi connectivity index (χ4v) is 2.85. The summed E-state index contributed by atoms with van der Waals surface area (Å²) in [7, 11) is 0. The van der Waals surface area contributed by atoms with Gasteiger partial charge in [-0.05, 0) is 31.4 Å². The predicted molar refractivity (Wildman–Crippen MR) is 78.6 cm³/mol. The summed E-state index contributed by atoms with van der Waals surface area (Å²) < 4.78 is 0. The number of nitrogens with one attached hydrogen (secondary N) is 2. The SMILES string of the molecule is OCC1CCCN(CCNc2ncnc3[nH]ccc23)C1. The first-order valence-electron chi connectivity index (χ1n) is 7.22. The van der Waals surface area contributed by atoms with Gasteiger partial charge in [-0.15, -0.1) is 0 Å². The molecule has 6 nitrogen and oxygen atoms in total. The molecule has 0 saturated carbocycles. The minimum Gasteiger partial charge on any atom is -0.396 e. The molecule has 0 spiro atoms. The van der Waals surface area contributed by atoms with Gasteiger partial charge in [0.1, 0.15) is 17.8 Å². The molecule has 1 fully saturated rings. The number of likely N-dealkylation sites (tertiary alicyclic amines) is 1. The number of aromatic amines is 1. The number of nitrogens with zero attached hydrogens (tertiary/aromatic N) is 3. The summed E-state index contributed by atoms with van der Waals surface area (Å²) >= 11 is 0. The molecule has 20 heavy (non-hydrogen) atoms. The number of piperidine rings is 1. The minimum absolute atomic E-state index is 0.305. The molecule has 1 aliphatic heterocycles. The molecule has 2 aromatic rings. The van der Waals surface area contributed by atoms with Gasteiger partial charge in [-0.1, -0.05) is 0 Å². The van der Waals surface area contributed by atoms with E-state index in [0.717, 1.165) is 49.5 Å². The highest BCUT2D eigenvalue weighted by molar-refractivity contribution is 5.86. The van der Waals surface area contributed by atoms with E-state index < -0.39 is 0 Å². The maximum atomic E-state index is 9.24. The maximum Gasteiger partial charge on any atom is 0.142 e. The van der Waals surface area contributed by atoms with Gasteiger partial charge < -0.3 is 20.3 Å². The number of hydrogen-bond acceptors (Lipinski definition) is 5. The van der Waals surface area contributed by atoms with Crippen LogP contribution in [0.25, 0.3) is 11.0 Å². The molecule has 0 aromatic carbocycles. The Morgan fingerprint density at radius 3 is 3.30 bits per heavy atom. The molecule has 1 saturated heterocycles. The van der Waals surface area contributed by atoms with E-state index in [4.69, 9.17) is 0 Å². The van der Waals surface area contributed by atoms with Crippen molar-refractivity contribution in [1.82, 2.24) is 19.9 Å². The Kier molecular flexibility index (Phi) is 4.13. The molecule has 1 aliphatic rings. The number of rotatable bonds is 5. The highest BCUT2D eigenvalue weighted by atomic mass is 16.3. The van der Waals surface area contributed by atoms with Crippen LogP contribution in [0.4, 0.5) is 5.82 Å². The van der Waals surface area contributed by atoms with Crippen LogP contribution >= 0.6 is 0 Å². The van der Waals surface area contributed by atoms with Gasteiger partial charge in [-0.25, -0.2) is 9.97 Å². The topological polar surface area (TPSA) is 77.1 Å². The number of hydrogen-bond donors (Lipinski definition) is 3. The molecule has 1 unspecified atom stereocenters. The van der Waals surface area contributed by atoms with Crippen LogP contribution in [0.2, 0.25) is 0 Å². The third-order valence-electron chi connectivity index (χ3n) is 3.94. The van der Waals surface area contributed by atoms with Crippen molar-refractivity contribution >= 4 is 16.9 Å². The lowest BCUT2D eigenvalue weighted by molar-refractivity contribution is 0.123. The Hall–Kier alpha value is -1.66. The summed E-state index contributed by atoms with van der Waals surface area (Å²) in [6, 6.07) is 1.99. The number of anilines is 1. The van der Waals surface area contributed by atoms with Crippen molar-refractivity contribution in [3.8, 4) is 0 Å². The molecule has 2 aromatic heterocycles. The van der Waals surface area contributed by atoms with Crippen LogP contribution in [0.5, 0.6) is 0 Å². The average molecular weight is 275 g/mol. The summed E-state index contributed by atoms with van der Waals surface area (Å²) in [6.07, 6.45) is 5.78. The molecule has 3 rings (SSSR count). The van der Waals surface area contributed by atoms with E-state index in [-0.39, 0.29) is 0 Å². The van der Waals surface area contributed by atoms with Crippen molar-refractivity contribution in [2.75, 3.05) is 38.1 Å². The van der Waals surface area contributed by atoms with E-state index >= 15 is 0 Å². The van der Waals surface area contributed by atoms with E-state index in [1.807, 2.05) is 12.3 Å². The van der Waals surface area contributed by atoms with Crippen LogP contribution in [0.1, 0.15) is 12.8 Å². The molecule has 0 amide bonds. The molecule has 0 aliphatic carbocycles. The summed E-state index contributed by atoms with van der Waals surface area (Å²) in [5.41, 5.74) is 0.862. The Labute approximate surface area is 118 Å². The summed E-state index contributed by atoms with van der Waals surface area (Å²) in [6.45, 7) is 4.27. The van der Waals surface area contributed by atoms with Gasteiger partial charge in [0, 0.05) is 32.4 Å². The second-order valence-corrected chi connectivity index (χ2v) is 5.38. The summed E-state index contributed by atoms with van der Waals surface area (Å²) in [5.74, 6) is 1.33. The first kappa shape index (κ1) is 13.3. The third kappa shape index (κ3) is 2.91. The number of H-pyrrole nitrogens is 1. The molecule has 1 atom stereocenters. The third-order valence-corrected chi connectivity index (χ3v) is 3.94. The monoisotopic (exact) mass is 275 g/mol. The first-order chi connectivity index (χ1) is 9.86. The largest absolute Gasteiger partial charge is 0.396 e. The highest BCUT2D eigenvalue weighted by Crippen LogP contribution is 2.18. The van der Waals surface area contributed by atoms with Gasteiger partial charge in [0.2, 0.25) is 0 Å². The second-order valence-electron chi connectivity index (χ2n) is 5.38. The summed E-state index contributed by atoms with van der Waals surface area (Å²) in [4.78, 5) is 14.0. The Morgan fingerprint density at radius 2 is 2.40 bits per heavy atom. The molecular weight excluding hydrogens is 254 g/mol. The second kappa shape index (κ2) is 6.19. The smallest absolute Gasteiger partial charge is 0.142 e. The molecule has 0 radical (unpaired) electrons. The molecule has 3 N–H and O–H groups in total. The quantitative estimate of drug-likeness (QED) is 0.761. The fourth-order valence-electron chi connectivity index (χ4n) is 2.85. The zero-order valence-corrected chi connectivity index (χ0v) is 11.5. The van der Waals surface area contributed by atoms with Crippen LogP contribution in [-0.2, 0) is 0 Å². The molecule has 3 heterocycles. The molecular formula is C14H21N5O. The van der Waals surface area contributed by atoms with Crippen molar-refractivity contribution < 1.29 is 5.11 Å². The number of aliphatic hydroxyl groups is 1. The zero-order valence-electron chi connectivity index (χ0n) is 11.5. The Bertz CT molecular complexity index is 555. The Morgan fingerprint density at radius 1 is 1.45 bits per heavy atom. The van der Waals surface area contributed by atoms with Crippen LogP contribution in [0, 0.1) is 5.92 Å². The maximum absolute atomic E-state index is 9.24. The highest BCUT2D eigenvalue weighted by Gasteiger charge is 2.18. The van der Waals surface area contributed by atoms with Gasteiger partial charge >= 0.3 is 0 Å². The lowest BCUT2D eigenvalue weighted by Crippen LogP contribution is -2.39. The van der Waals surface area contributed by atoms with E-state index in [2.05, 4.69) is 25.2 Å². The lowest BCUT2D eigenvalue weighted by Gasteiger charge is -2.31. The number of aliphatic hydroxyl groups excluding tert-OH is 1. The number of fused-ring (bicyclic) bond motifs is 1. The van der Waals surface area contributed by atoms with Crippen molar-refractivity contribution in [3.63, 3.8) is 0 Å². The van der Waals surface area contributed by atoms with Gasteiger partial charge in [-0.2, -0.15) is 0 Å². The standard InChI is InChI=1S/C14H21N5O/c20-9-11-2-1-6-19(8-11)7-5-16-14-12-3-4-15-13(12)17-10-18-14/h3-4,10-11,20H,1-2,5-9H2,(H2,15,16,17,18). The Balaban J connectivity index is 1.53. The minimum atomic E-state index is 0.305. The molecule has 108 valence electrons. The van der Waals surface area contributed by atoms with Crippen LogP contribution in [0.3, 0.4) is 0 Å². The lowest BCUT2D eigenvalue weighted by atomic mass is 9.99. The van der Waals surface area contributed by atoms with Crippen molar-refractivity contribution in [2.24, 2.45) is 5.92 Å². The average Bonchev–Trinajstić information content (AvgIpc) is 2.97. The molecule has 6 heteroatoms. The van der Waals surface area contributed by atoms with E-state index in [9.17, 15) is 5.11 Å². The van der Waals surface area contributed by atoms with Gasteiger partial charge in [0.05, 0.1) is 5.39 Å². The van der Waals surface area contributed by atoms with Gasteiger partial charge in [0.15, 0.2) is 0 Å². The summed E-state index contributed by atoms with van der Waals surface area (Å²) in [5, 5.41) is 13.7. The van der Waals surface area contributed by atoms with E-state index in [1.165, 1.54) is 6.42 Å². The van der Waals surface area contributed by atoms with Crippen molar-refractivity contribution in [2.45, 2.75) is 12.8 Å².